The number of halogens is 1. The SMILES string of the molecule is CC(C)(C)OC(=O)N1CCOCC1.Nc1cc(-c2cccc(Cl)c2)no1. The smallest absolute Gasteiger partial charge is 0.410 e. The van der Waals surface area contributed by atoms with Gasteiger partial charge in [-0.05, 0) is 32.9 Å². The van der Waals surface area contributed by atoms with Gasteiger partial charge in [-0.1, -0.05) is 28.9 Å². The minimum atomic E-state index is -0.407. The van der Waals surface area contributed by atoms with Crippen LogP contribution in [0.1, 0.15) is 20.8 Å². The number of amides is 1. The van der Waals surface area contributed by atoms with Gasteiger partial charge in [-0.15, -0.1) is 0 Å². The van der Waals surface area contributed by atoms with E-state index in [-0.39, 0.29) is 6.09 Å². The second-order valence-corrected chi connectivity index (χ2v) is 7.14. The first kappa shape index (κ1) is 20.1. The van der Waals surface area contributed by atoms with Crippen molar-refractivity contribution in [1.29, 1.82) is 0 Å². The third kappa shape index (κ3) is 6.57. The predicted molar refractivity (Wildman–Crippen MR) is 100.0 cm³/mol. The largest absolute Gasteiger partial charge is 0.444 e. The number of benzene rings is 1. The Morgan fingerprint density at radius 1 is 1.27 bits per heavy atom. The average molecular weight is 382 g/mol. The van der Waals surface area contributed by atoms with Crippen molar-refractivity contribution >= 4 is 23.6 Å². The monoisotopic (exact) mass is 381 g/mol. The first-order chi connectivity index (χ1) is 12.2. The first-order valence-electron chi connectivity index (χ1n) is 8.28. The summed E-state index contributed by atoms with van der Waals surface area (Å²) in [6.07, 6.45) is -0.240. The maximum absolute atomic E-state index is 11.5. The van der Waals surface area contributed by atoms with Crippen LogP contribution >= 0.6 is 11.6 Å². The van der Waals surface area contributed by atoms with Gasteiger partial charge >= 0.3 is 6.09 Å². The Bertz CT molecular complexity index is 721. The summed E-state index contributed by atoms with van der Waals surface area (Å²) >= 11 is 5.81. The number of hydrogen-bond acceptors (Lipinski definition) is 6. The van der Waals surface area contributed by atoms with E-state index in [0.717, 1.165) is 5.56 Å². The van der Waals surface area contributed by atoms with Crippen molar-refractivity contribution in [2.24, 2.45) is 0 Å². The summed E-state index contributed by atoms with van der Waals surface area (Å²) in [6, 6.07) is 9.00. The van der Waals surface area contributed by atoms with Gasteiger partial charge < -0.3 is 24.6 Å². The van der Waals surface area contributed by atoms with Gasteiger partial charge in [0.25, 0.3) is 0 Å². The Balaban J connectivity index is 0.000000187. The van der Waals surface area contributed by atoms with Gasteiger partial charge in [0, 0.05) is 29.7 Å². The second kappa shape index (κ2) is 8.91. The molecule has 0 spiro atoms. The zero-order valence-electron chi connectivity index (χ0n) is 15.2. The third-order valence-electron chi connectivity index (χ3n) is 3.31. The Morgan fingerprint density at radius 2 is 1.96 bits per heavy atom. The van der Waals surface area contributed by atoms with Crippen molar-refractivity contribution in [3.63, 3.8) is 0 Å². The highest BCUT2D eigenvalue weighted by Crippen LogP contribution is 2.22. The van der Waals surface area contributed by atoms with Crippen LogP contribution in [0.15, 0.2) is 34.9 Å². The molecule has 142 valence electrons. The van der Waals surface area contributed by atoms with Crippen LogP contribution in [-0.2, 0) is 9.47 Å². The van der Waals surface area contributed by atoms with Crippen molar-refractivity contribution in [2.45, 2.75) is 26.4 Å². The van der Waals surface area contributed by atoms with Crippen molar-refractivity contribution in [2.75, 3.05) is 32.0 Å². The molecule has 2 heterocycles. The lowest BCUT2D eigenvalue weighted by molar-refractivity contribution is -0.00677. The molecule has 0 atom stereocenters. The van der Waals surface area contributed by atoms with Crippen LogP contribution in [0, 0.1) is 0 Å². The Labute approximate surface area is 158 Å². The van der Waals surface area contributed by atoms with Crippen LogP contribution in [0.5, 0.6) is 0 Å². The number of morpholine rings is 1. The predicted octanol–water partition coefficient (Wildman–Crippen LogP) is 3.83. The summed E-state index contributed by atoms with van der Waals surface area (Å²) in [5, 5.41) is 4.43. The fraction of sp³-hybridized carbons (Fsp3) is 0.444. The maximum Gasteiger partial charge on any atom is 0.410 e. The normalized spacial score (nSPS) is 14.4. The fourth-order valence-corrected chi connectivity index (χ4v) is 2.34. The molecule has 0 bridgehead atoms. The topological polar surface area (TPSA) is 90.8 Å². The molecule has 0 saturated carbocycles. The Hall–Kier alpha value is -2.25. The number of nitrogens with zero attached hydrogens (tertiary/aromatic N) is 2. The lowest BCUT2D eigenvalue weighted by atomic mass is 10.1. The van der Waals surface area contributed by atoms with Gasteiger partial charge in [-0.25, -0.2) is 4.79 Å². The Kier molecular flexibility index (Phi) is 6.88. The van der Waals surface area contributed by atoms with Crippen LogP contribution in [0.25, 0.3) is 11.3 Å². The maximum atomic E-state index is 11.5. The van der Waals surface area contributed by atoms with Crippen LogP contribution < -0.4 is 5.73 Å². The van der Waals surface area contributed by atoms with Crippen molar-refractivity contribution in [3.8, 4) is 11.3 Å². The molecule has 0 radical (unpaired) electrons. The van der Waals surface area contributed by atoms with Gasteiger partial charge in [0.1, 0.15) is 11.3 Å². The van der Waals surface area contributed by atoms with Gasteiger partial charge in [-0.3, -0.25) is 0 Å². The molecule has 1 aliphatic heterocycles. The van der Waals surface area contributed by atoms with Gasteiger partial charge in [-0.2, -0.15) is 0 Å². The van der Waals surface area contributed by atoms with E-state index in [1.54, 1.807) is 23.1 Å². The number of rotatable bonds is 1. The molecule has 1 aromatic carbocycles. The molecule has 8 heteroatoms. The van der Waals surface area contributed by atoms with Gasteiger partial charge in [0.15, 0.2) is 0 Å². The summed E-state index contributed by atoms with van der Waals surface area (Å²) in [5.74, 6) is 0.301. The van der Waals surface area contributed by atoms with Crippen LogP contribution in [0.3, 0.4) is 0 Å². The van der Waals surface area contributed by atoms with E-state index in [2.05, 4.69) is 5.16 Å². The van der Waals surface area contributed by atoms with Crippen molar-refractivity contribution < 1.29 is 18.8 Å². The summed E-state index contributed by atoms with van der Waals surface area (Å²) in [7, 11) is 0. The highest BCUT2D eigenvalue weighted by atomic mass is 35.5. The number of nitrogen functional groups attached to an aromatic ring is 1. The van der Waals surface area contributed by atoms with Crippen LogP contribution in [0.2, 0.25) is 5.02 Å². The van der Waals surface area contributed by atoms with E-state index in [4.69, 9.17) is 31.3 Å². The zero-order valence-corrected chi connectivity index (χ0v) is 16.0. The highest BCUT2D eigenvalue weighted by molar-refractivity contribution is 6.30. The van der Waals surface area contributed by atoms with E-state index in [1.165, 1.54) is 0 Å². The van der Waals surface area contributed by atoms with E-state index in [1.807, 2.05) is 32.9 Å². The molecular weight excluding hydrogens is 358 g/mol. The first-order valence-corrected chi connectivity index (χ1v) is 8.66. The quantitative estimate of drug-likeness (QED) is 0.807. The minimum Gasteiger partial charge on any atom is -0.444 e. The summed E-state index contributed by atoms with van der Waals surface area (Å²) in [4.78, 5) is 13.1. The fourth-order valence-electron chi connectivity index (χ4n) is 2.15. The minimum absolute atomic E-state index is 0.240. The van der Waals surface area contributed by atoms with Crippen LogP contribution in [0.4, 0.5) is 10.7 Å². The second-order valence-electron chi connectivity index (χ2n) is 6.70. The summed E-state index contributed by atoms with van der Waals surface area (Å²) in [5.41, 5.74) is 6.58. The number of ether oxygens (including phenoxy) is 2. The molecule has 0 unspecified atom stereocenters. The number of anilines is 1. The van der Waals surface area contributed by atoms with E-state index in [9.17, 15) is 4.79 Å². The molecular formula is C18H24ClN3O4. The standard InChI is InChI=1S/C9H7ClN2O.C9H17NO3/c10-7-3-1-2-6(4-7)8-5-9(11)13-12-8;1-9(2,3)13-8(11)10-4-6-12-7-5-10/h1-5H,11H2;4-7H2,1-3H3. The van der Waals surface area contributed by atoms with Gasteiger partial charge in [0.2, 0.25) is 5.88 Å². The molecule has 3 rings (SSSR count). The van der Waals surface area contributed by atoms with E-state index < -0.39 is 5.60 Å². The molecule has 2 aromatic rings. The molecule has 0 aliphatic carbocycles. The van der Waals surface area contributed by atoms with E-state index in [0.29, 0.717) is 42.9 Å². The zero-order chi connectivity index (χ0) is 19.2. The lowest BCUT2D eigenvalue weighted by Crippen LogP contribution is -2.43. The number of aromatic nitrogens is 1. The number of hydrogen-bond donors (Lipinski definition) is 1. The summed E-state index contributed by atoms with van der Waals surface area (Å²) in [6.45, 7) is 8.09. The van der Waals surface area contributed by atoms with Crippen molar-refractivity contribution in [1.82, 2.24) is 10.1 Å². The van der Waals surface area contributed by atoms with Gasteiger partial charge in [0.05, 0.1) is 13.2 Å². The molecule has 1 fully saturated rings. The molecule has 26 heavy (non-hydrogen) atoms. The highest BCUT2D eigenvalue weighted by Gasteiger charge is 2.23. The number of nitrogens with two attached hydrogens (primary N) is 1. The molecule has 1 aliphatic rings. The molecule has 2 N–H and O–H groups in total. The number of carbonyl (C=O) groups excluding carboxylic acids is 1. The Morgan fingerprint density at radius 3 is 2.50 bits per heavy atom. The summed E-state index contributed by atoms with van der Waals surface area (Å²) < 4.78 is 15.1. The lowest BCUT2D eigenvalue weighted by Gasteiger charge is -2.29. The number of carbonyl (C=O) groups is 1. The molecule has 7 nitrogen and oxygen atoms in total. The van der Waals surface area contributed by atoms with E-state index >= 15 is 0 Å². The molecule has 1 saturated heterocycles. The molecule has 1 amide bonds. The van der Waals surface area contributed by atoms with Crippen molar-refractivity contribution in [3.05, 3.63) is 35.4 Å². The third-order valence-corrected chi connectivity index (χ3v) is 3.55. The van der Waals surface area contributed by atoms with Crippen LogP contribution in [-0.4, -0.2) is 48.1 Å². The molecule has 1 aromatic heterocycles. The average Bonchev–Trinajstić information content (AvgIpc) is 3.01.